The number of aliphatic hydroxyl groups is 2. The van der Waals surface area contributed by atoms with Crippen LogP contribution in [0.25, 0.3) is 0 Å². The van der Waals surface area contributed by atoms with E-state index in [9.17, 15) is 24.9 Å². The number of aldehydes is 2. The van der Waals surface area contributed by atoms with E-state index in [0.29, 0.717) is 31.0 Å². The molecule has 4 rings (SSSR count). The number of aliphatic hydroxyl groups excluding tert-OH is 2. The molecule has 1 spiro atoms. The van der Waals surface area contributed by atoms with Crippen LogP contribution in [0.15, 0.2) is 6.07 Å². The molecule has 158 valence electrons. The van der Waals surface area contributed by atoms with Crippen LogP contribution in [-0.4, -0.2) is 45.7 Å². The van der Waals surface area contributed by atoms with E-state index >= 15 is 0 Å². The molecule has 1 aliphatic heterocycles. The van der Waals surface area contributed by atoms with Crippen molar-refractivity contribution >= 4 is 12.6 Å². The van der Waals surface area contributed by atoms with Gasteiger partial charge in [-0.25, -0.2) is 0 Å². The zero-order valence-corrected chi connectivity index (χ0v) is 17.4. The monoisotopic (exact) mass is 402 g/mol. The third-order valence-corrected chi connectivity index (χ3v) is 8.48. The van der Waals surface area contributed by atoms with E-state index in [-0.39, 0.29) is 34.5 Å². The van der Waals surface area contributed by atoms with Crippen LogP contribution in [0.1, 0.15) is 73.2 Å². The summed E-state index contributed by atoms with van der Waals surface area (Å²) >= 11 is 0. The lowest BCUT2D eigenvalue weighted by atomic mass is 9.43. The minimum absolute atomic E-state index is 0.0434. The van der Waals surface area contributed by atoms with Gasteiger partial charge in [0.15, 0.2) is 12.6 Å². The predicted molar refractivity (Wildman–Crippen MR) is 106 cm³/mol. The number of rotatable bonds is 2. The molecule has 0 bridgehead atoms. The fourth-order valence-corrected chi connectivity index (χ4v) is 6.89. The molecular formula is C23H30O6. The topological polar surface area (TPSA) is 104 Å². The minimum atomic E-state index is -0.884. The van der Waals surface area contributed by atoms with Crippen LogP contribution in [0.3, 0.4) is 0 Å². The summed E-state index contributed by atoms with van der Waals surface area (Å²) in [5.41, 5.74) is -0.921. The number of aromatic hydroxyl groups is 1. The second-order valence-corrected chi connectivity index (χ2v) is 10.1. The standard InChI is InChI=1S/C23H30O6/c1-12-5-6-18-21(2,3)20(28)17(27)9-22(18,4)23(12)8-14-16(26)7-13(10-24)15(11-25)19(14)29-23/h7,10-12,17-18,20,26-28H,5-6,8-9H2,1-4H3/t12-,17-,18+,20-,22+,23-/m1/s1. The Hall–Kier alpha value is -1.92. The summed E-state index contributed by atoms with van der Waals surface area (Å²) in [7, 11) is 0. The first kappa shape index (κ1) is 20.4. The maximum Gasteiger partial charge on any atom is 0.154 e. The highest BCUT2D eigenvalue weighted by atomic mass is 16.5. The summed E-state index contributed by atoms with van der Waals surface area (Å²) in [6.07, 6.45) is 2.01. The van der Waals surface area contributed by atoms with Crippen molar-refractivity contribution in [1.82, 2.24) is 0 Å². The van der Waals surface area contributed by atoms with Gasteiger partial charge in [-0.2, -0.15) is 0 Å². The number of benzene rings is 1. The zero-order chi connectivity index (χ0) is 21.4. The quantitative estimate of drug-likeness (QED) is 0.657. The van der Waals surface area contributed by atoms with Crippen LogP contribution >= 0.6 is 0 Å². The van der Waals surface area contributed by atoms with Gasteiger partial charge in [-0.3, -0.25) is 9.59 Å². The Morgan fingerprint density at radius 1 is 1.14 bits per heavy atom. The Labute approximate surface area is 170 Å². The number of phenols is 1. The van der Waals surface area contributed by atoms with Gasteiger partial charge in [-0.05, 0) is 42.6 Å². The van der Waals surface area contributed by atoms with E-state index in [0.717, 1.165) is 12.8 Å². The first-order chi connectivity index (χ1) is 13.5. The Morgan fingerprint density at radius 3 is 2.45 bits per heavy atom. The zero-order valence-electron chi connectivity index (χ0n) is 17.4. The van der Waals surface area contributed by atoms with Crippen molar-refractivity contribution in [3.63, 3.8) is 0 Å². The van der Waals surface area contributed by atoms with Crippen molar-refractivity contribution in [2.45, 2.75) is 71.2 Å². The van der Waals surface area contributed by atoms with E-state index in [1.54, 1.807) is 0 Å². The fraction of sp³-hybridized carbons (Fsp3) is 0.652. The number of phenolic OH excluding ortho intramolecular Hbond substituents is 1. The lowest BCUT2D eigenvalue weighted by Crippen LogP contribution is -2.69. The van der Waals surface area contributed by atoms with Crippen molar-refractivity contribution < 1.29 is 29.6 Å². The van der Waals surface area contributed by atoms with Gasteiger partial charge in [-0.1, -0.05) is 27.7 Å². The van der Waals surface area contributed by atoms with Crippen LogP contribution in [-0.2, 0) is 6.42 Å². The van der Waals surface area contributed by atoms with Gasteiger partial charge >= 0.3 is 0 Å². The third-order valence-electron chi connectivity index (χ3n) is 8.48. The summed E-state index contributed by atoms with van der Waals surface area (Å²) < 4.78 is 6.60. The number of fused-ring (bicyclic) bond motifs is 3. The van der Waals surface area contributed by atoms with Crippen molar-refractivity contribution in [1.29, 1.82) is 0 Å². The molecule has 3 aliphatic rings. The number of carbonyl (C=O) groups is 2. The summed E-state index contributed by atoms with van der Waals surface area (Å²) in [4.78, 5) is 23.2. The number of hydrogen-bond acceptors (Lipinski definition) is 6. The summed E-state index contributed by atoms with van der Waals surface area (Å²) in [5.74, 6) is 0.437. The van der Waals surface area contributed by atoms with Crippen molar-refractivity contribution in [2.75, 3.05) is 0 Å². The number of hydrogen-bond donors (Lipinski definition) is 3. The molecule has 3 N–H and O–H groups in total. The molecule has 6 heteroatoms. The molecule has 0 aromatic heterocycles. The normalized spacial score (nSPS) is 40.1. The van der Waals surface area contributed by atoms with Gasteiger partial charge in [-0.15, -0.1) is 0 Å². The largest absolute Gasteiger partial charge is 0.508 e. The van der Waals surface area contributed by atoms with Crippen molar-refractivity contribution in [3.05, 3.63) is 22.8 Å². The molecule has 0 amide bonds. The van der Waals surface area contributed by atoms with Gasteiger partial charge in [0.2, 0.25) is 0 Å². The molecule has 2 saturated carbocycles. The third kappa shape index (κ3) is 2.42. The van der Waals surface area contributed by atoms with E-state index in [1.807, 2.05) is 13.8 Å². The van der Waals surface area contributed by atoms with Gasteiger partial charge in [0.25, 0.3) is 0 Å². The van der Waals surface area contributed by atoms with Crippen molar-refractivity contribution in [3.8, 4) is 11.5 Å². The number of ether oxygens (including phenoxy) is 1. The Bertz CT molecular complexity index is 877. The van der Waals surface area contributed by atoms with E-state index in [1.165, 1.54) is 6.07 Å². The van der Waals surface area contributed by atoms with Gasteiger partial charge in [0.05, 0.1) is 17.8 Å². The maximum atomic E-state index is 11.8. The molecular weight excluding hydrogens is 372 g/mol. The minimum Gasteiger partial charge on any atom is -0.508 e. The summed E-state index contributed by atoms with van der Waals surface area (Å²) in [6, 6.07) is 1.33. The predicted octanol–water partition coefficient (Wildman–Crippen LogP) is 2.90. The average molecular weight is 402 g/mol. The molecule has 1 heterocycles. The van der Waals surface area contributed by atoms with E-state index < -0.39 is 28.6 Å². The molecule has 2 aliphatic carbocycles. The Balaban J connectivity index is 1.90. The van der Waals surface area contributed by atoms with Gasteiger partial charge in [0, 0.05) is 23.0 Å². The van der Waals surface area contributed by atoms with Crippen LogP contribution in [0.2, 0.25) is 0 Å². The molecule has 1 aromatic carbocycles. The lowest BCUT2D eigenvalue weighted by molar-refractivity contribution is -0.240. The molecule has 0 radical (unpaired) electrons. The summed E-state index contributed by atoms with van der Waals surface area (Å²) in [6.45, 7) is 8.20. The van der Waals surface area contributed by atoms with Crippen LogP contribution in [0, 0.1) is 22.7 Å². The average Bonchev–Trinajstić information content (AvgIpc) is 3.07. The van der Waals surface area contributed by atoms with Crippen LogP contribution < -0.4 is 4.74 Å². The first-order valence-corrected chi connectivity index (χ1v) is 10.4. The first-order valence-electron chi connectivity index (χ1n) is 10.4. The molecule has 6 nitrogen and oxygen atoms in total. The van der Waals surface area contributed by atoms with Crippen molar-refractivity contribution in [2.24, 2.45) is 22.7 Å². The molecule has 0 unspecified atom stereocenters. The van der Waals surface area contributed by atoms with Crippen LogP contribution in [0.4, 0.5) is 0 Å². The van der Waals surface area contributed by atoms with E-state index in [2.05, 4.69) is 13.8 Å². The second kappa shape index (κ2) is 6.29. The van der Waals surface area contributed by atoms with Gasteiger partial charge in [0.1, 0.15) is 17.1 Å². The molecule has 1 aromatic rings. The SMILES string of the molecule is C[C@@H]1CC[C@H]2C(C)(C)[C@H](O)[C@H](O)C[C@]2(C)[C@@]12Cc1c(O)cc(C=O)c(C=O)c1O2. The summed E-state index contributed by atoms with van der Waals surface area (Å²) in [5, 5.41) is 32.0. The highest BCUT2D eigenvalue weighted by Crippen LogP contribution is 2.66. The van der Waals surface area contributed by atoms with E-state index in [4.69, 9.17) is 4.74 Å². The maximum absolute atomic E-state index is 11.8. The highest BCUT2D eigenvalue weighted by molar-refractivity contribution is 5.95. The Morgan fingerprint density at radius 2 is 1.83 bits per heavy atom. The smallest absolute Gasteiger partial charge is 0.154 e. The Kier molecular flexibility index (Phi) is 4.41. The molecule has 29 heavy (non-hydrogen) atoms. The molecule has 2 fully saturated rings. The van der Waals surface area contributed by atoms with Crippen LogP contribution in [0.5, 0.6) is 11.5 Å². The highest BCUT2D eigenvalue weighted by Gasteiger charge is 2.68. The second-order valence-electron chi connectivity index (χ2n) is 10.1. The molecule has 6 atom stereocenters. The molecule has 0 saturated heterocycles. The number of carbonyl (C=O) groups excluding carboxylic acids is 2. The fourth-order valence-electron chi connectivity index (χ4n) is 6.89. The van der Waals surface area contributed by atoms with Gasteiger partial charge < -0.3 is 20.1 Å². The lowest BCUT2D eigenvalue weighted by Gasteiger charge is -2.64.